The van der Waals surface area contributed by atoms with Crippen LogP contribution in [0.1, 0.15) is 25.8 Å². The zero-order valence-electron chi connectivity index (χ0n) is 12.6. The van der Waals surface area contributed by atoms with Crippen LogP contribution >= 0.6 is 23.8 Å². The van der Waals surface area contributed by atoms with E-state index in [1.54, 1.807) is 0 Å². The second-order valence-electron chi connectivity index (χ2n) is 5.79. The Balaban J connectivity index is 2.84. The minimum atomic E-state index is 0.359. The third-order valence-corrected chi connectivity index (χ3v) is 3.50. The van der Waals surface area contributed by atoms with Gasteiger partial charge in [0.05, 0.1) is 10.7 Å². The Morgan fingerprint density at radius 3 is 2.50 bits per heavy atom. The molecule has 3 nitrogen and oxygen atoms in total. The van der Waals surface area contributed by atoms with Crippen LogP contribution in [-0.4, -0.2) is 36.6 Å². The number of hydrogen-bond donors (Lipinski definition) is 2. The Morgan fingerprint density at radius 1 is 1.40 bits per heavy atom. The number of anilines is 1. The lowest BCUT2D eigenvalue weighted by atomic mass is 10.0. The molecule has 1 aromatic rings. The Labute approximate surface area is 132 Å². The van der Waals surface area contributed by atoms with Crippen LogP contribution in [0.3, 0.4) is 0 Å². The van der Waals surface area contributed by atoms with Gasteiger partial charge in [-0.2, -0.15) is 0 Å². The number of hydrogen-bond acceptors (Lipinski definition) is 3. The maximum atomic E-state index is 6.30. The molecule has 1 rings (SSSR count). The van der Waals surface area contributed by atoms with E-state index in [-0.39, 0.29) is 0 Å². The minimum Gasteiger partial charge on any atom is -0.389 e. The van der Waals surface area contributed by atoms with Gasteiger partial charge in [-0.15, -0.1) is 0 Å². The largest absolute Gasteiger partial charge is 0.389 e. The number of rotatable bonds is 7. The Hall–Kier alpha value is -0.840. The zero-order chi connectivity index (χ0) is 15.3. The highest BCUT2D eigenvalue weighted by atomic mass is 35.5. The van der Waals surface area contributed by atoms with Gasteiger partial charge in [0.15, 0.2) is 0 Å². The average molecular weight is 314 g/mol. The van der Waals surface area contributed by atoms with Gasteiger partial charge in [0.1, 0.15) is 4.99 Å². The maximum Gasteiger partial charge on any atom is 0.104 e. The van der Waals surface area contributed by atoms with E-state index in [4.69, 9.17) is 29.6 Å². The van der Waals surface area contributed by atoms with Crippen molar-refractivity contribution >= 4 is 34.5 Å². The smallest absolute Gasteiger partial charge is 0.104 e. The summed E-state index contributed by atoms with van der Waals surface area (Å²) in [4.78, 5) is 2.54. The molecule has 0 saturated heterocycles. The molecular formula is C15H24ClN3S. The van der Waals surface area contributed by atoms with Crippen molar-refractivity contribution in [1.82, 2.24) is 4.90 Å². The van der Waals surface area contributed by atoms with E-state index in [0.717, 1.165) is 24.2 Å². The van der Waals surface area contributed by atoms with Crippen molar-refractivity contribution in [2.75, 3.05) is 26.0 Å². The van der Waals surface area contributed by atoms with E-state index < -0.39 is 0 Å². The fraction of sp³-hybridized carbons (Fsp3) is 0.533. The van der Waals surface area contributed by atoms with Crippen molar-refractivity contribution in [2.45, 2.75) is 26.3 Å². The van der Waals surface area contributed by atoms with Gasteiger partial charge in [0, 0.05) is 18.2 Å². The third kappa shape index (κ3) is 5.65. The molecule has 0 bridgehead atoms. The van der Waals surface area contributed by atoms with Crippen LogP contribution in [0.25, 0.3) is 0 Å². The highest BCUT2D eigenvalue weighted by Gasteiger charge is 2.14. The lowest BCUT2D eigenvalue weighted by Crippen LogP contribution is -2.33. The summed E-state index contributed by atoms with van der Waals surface area (Å²) in [6, 6.07) is 6.02. The van der Waals surface area contributed by atoms with Crippen molar-refractivity contribution in [3.05, 3.63) is 28.8 Å². The molecule has 0 aliphatic heterocycles. The molecule has 0 fully saturated rings. The second kappa shape index (κ2) is 7.81. The molecule has 0 radical (unpaired) electrons. The summed E-state index contributed by atoms with van der Waals surface area (Å²) >= 11 is 11.3. The van der Waals surface area contributed by atoms with Gasteiger partial charge in [-0.25, -0.2) is 0 Å². The molecule has 0 saturated carbocycles. The molecule has 0 aromatic heterocycles. The molecule has 0 aliphatic rings. The molecule has 0 amide bonds. The van der Waals surface area contributed by atoms with E-state index >= 15 is 0 Å². The summed E-state index contributed by atoms with van der Waals surface area (Å²) in [6.07, 6.45) is 1.09. The Bertz CT molecular complexity index is 450. The molecule has 1 unspecified atom stereocenters. The highest BCUT2D eigenvalue weighted by molar-refractivity contribution is 7.80. The first kappa shape index (κ1) is 17.2. The normalized spacial score (nSPS) is 12.8. The second-order valence-corrected chi connectivity index (χ2v) is 6.64. The van der Waals surface area contributed by atoms with Crippen molar-refractivity contribution in [2.24, 2.45) is 11.7 Å². The lowest BCUT2D eigenvalue weighted by molar-refractivity contribution is 0.356. The predicted molar refractivity (Wildman–Crippen MR) is 92.8 cm³/mol. The summed E-state index contributed by atoms with van der Waals surface area (Å²) in [7, 11) is 4.15. The van der Waals surface area contributed by atoms with Crippen LogP contribution in [0.2, 0.25) is 5.02 Å². The molecule has 0 heterocycles. The van der Waals surface area contributed by atoms with E-state index in [2.05, 4.69) is 38.2 Å². The van der Waals surface area contributed by atoms with E-state index in [1.165, 1.54) is 0 Å². The van der Waals surface area contributed by atoms with Crippen LogP contribution in [0.15, 0.2) is 18.2 Å². The zero-order valence-corrected chi connectivity index (χ0v) is 14.2. The first-order valence-electron chi connectivity index (χ1n) is 6.80. The van der Waals surface area contributed by atoms with Crippen LogP contribution in [0.4, 0.5) is 5.69 Å². The number of likely N-dealkylation sites (N-methyl/N-ethyl adjacent to an activating group) is 1. The molecule has 112 valence electrons. The van der Waals surface area contributed by atoms with Crippen LogP contribution in [-0.2, 0) is 0 Å². The van der Waals surface area contributed by atoms with E-state index in [1.807, 2.05) is 18.2 Å². The number of halogens is 1. The first-order valence-corrected chi connectivity index (χ1v) is 7.58. The number of benzene rings is 1. The summed E-state index contributed by atoms with van der Waals surface area (Å²) in [6.45, 7) is 5.41. The standard InChI is InChI=1S/C15H24ClN3S/c1-10(2)7-12(9-19(3)4)18-14-6-5-11(15(17)20)8-13(14)16/h5-6,8,10,12,18H,7,9H2,1-4H3,(H2,17,20). The summed E-state index contributed by atoms with van der Waals surface area (Å²) in [5.41, 5.74) is 7.34. The number of nitrogens with two attached hydrogens (primary N) is 1. The van der Waals surface area contributed by atoms with Crippen LogP contribution in [0.5, 0.6) is 0 Å². The molecule has 5 heteroatoms. The van der Waals surface area contributed by atoms with Gasteiger partial charge >= 0.3 is 0 Å². The Morgan fingerprint density at radius 2 is 2.05 bits per heavy atom. The lowest BCUT2D eigenvalue weighted by Gasteiger charge is -2.25. The molecule has 0 aliphatic carbocycles. The topological polar surface area (TPSA) is 41.3 Å². The van der Waals surface area contributed by atoms with Gasteiger partial charge in [0.2, 0.25) is 0 Å². The minimum absolute atomic E-state index is 0.359. The highest BCUT2D eigenvalue weighted by Crippen LogP contribution is 2.25. The van der Waals surface area contributed by atoms with Gasteiger partial charge in [-0.3, -0.25) is 0 Å². The van der Waals surface area contributed by atoms with Gasteiger partial charge < -0.3 is 16.0 Å². The van der Waals surface area contributed by atoms with Gasteiger partial charge in [-0.05, 0) is 44.6 Å². The fourth-order valence-corrected chi connectivity index (χ4v) is 2.56. The average Bonchev–Trinajstić information content (AvgIpc) is 2.29. The number of nitrogens with zero attached hydrogens (tertiary/aromatic N) is 1. The summed E-state index contributed by atoms with van der Waals surface area (Å²) < 4.78 is 0. The predicted octanol–water partition coefficient (Wildman–Crippen LogP) is 3.36. The monoisotopic (exact) mass is 313 g/mol. The number of nitrogens with one attached hydrogen (secondary N) is 1. The van der Waals surface area contributed by atoms with Crippen molar-refractivity contribution < 1.29 is 0 Å². The van der Waals surface area contributed by atoms with Gasteiger partial charge in [-0.1, -0.05) is 37.7 Å². The molecule has 1 aromatic carbocycles. The van der Waals surface area contributed by atoms with E-state index in [0.29, 0.717) is 22.0 Å². The van der Waals surface area contributed by atoms with Crippen molar-refractivity contribution in [3.8, 4) is 0 Å². The number of thiocarbonyl (C=S) groups is 1. The molecular weight excluding hydrogens is 290 g/mol. The van der Waals surface area contributed by atoms with Crippen molar-refractivity contribution in [1.29, 1.82) is 0 Å². The fourth-order valence-electron chi connectivity index (χ4n) is 2.19. The summed E-state index contributed by atoms with van der Waals surface area (Å²) in [5, 5.41) is 4.17. The molecule has 3 N–H and O–H groups in total. The van der Waals surface area contributed by atoms with Crippen LogP contribution < -0.4 is 11.1 Å². The van der Waals surface area contributed by atoms with E-state index in [9.17, 15) is 0 Å². The van der Waals surface area contributed by atoms with Crippen molar-refractivity contribution in [3.63, 3.8) is 0 Å². The molecule has 1 atom stereocenters. The quantitative estimate of drug-likeness (QED) is 0.757. The van der Waals surface area contributed by atoms with Gasteiger partial charge in [0.25, 0.3) is 0 Å². The molecule has 0 spiro atoms. The summed E-state index contributed by atoms with van der Waals surface area (Å²) in [5.74, 6) is 0.627. The third-order valence-electron chi connectivity index (χ3n) is 2.95. The molecule has 20 heavy (non-hydrogen) atoms. The Kier molecular flexibility index (Phi) is 6.72. The maximum absolute atomic E-state index is 6.30. The van der Waals surface area contributed by atoms with Crippen LogP contribution in [0, 0.1) is 5.92 Å². The SMILES string of the molecule is CC(C)CC(CN(C)C)Nc1ccc(C(N)=S)cc1Cl. The first-order chi connectivity index (χ1) is 9.29.